The highest BCUT2D eigenvalue weighted by atomic mass is 35.5. The van der Waals surface area contributed by atoms with E-state index >= 15 is 0 Å². The van der Waals surface area contributed by atoms with E-state index in [-0.39, 0.29) is 0 Å². The maximum Gasteiger partial charge on any atom is 0.227 e. The minimum Gasteiger partial charge on any atom is -0.392 e. The lowest BCUT2D eigenvalue weighted by Gasteiger charge is -2.38. The molecule has 62 heavy (non-hydrogen) atoms. The first-order valence-corrected chi connectivity index (χ1v) is 22.9. The summed E-state index contributed by atoms with van der Waals surface area (Å²) in [5.74, 6) is 3.12. The lowest BCUT2D eigenvalue weighted by Crippen LogP contribution is -2.44. The molecule has 2 aromatic carbocycles. The molecule has 2 aromatic heterocycles. The third-order valence-electron chi connectivity index (χ3n) is 13.4. The van der Waals surface area contributed by atoms with Gasteiger partial charge in [0.05, 0.1) is 28.8 Å². The van der Waals surface area contributed by atoms with Gasteiger partial charge in [0.2, 0.25) is 5.95 Å². The maximum atomic E-state index is 6.56. The van der Waals surface area contributed by atoms with Gasteiger partial charge in [-0.1, -0.05) is 70.8 Å². The Morgan fingerprint density at radius 2 is 1.79 bits per heavy atom. The average Bonchev–Trinajstić information content (AvgIpc) is 3.62. The average molecular weight is 859 g/mol. The molecule has 4 aliphatic rings. The molecule has 330 valence electrons. The number of para-hydroxylation sites is 1. The Morgan fingerprint density at radius 3 is 2.53 bits per heavy atom. The van der Waals surface area contributed by atoms with Gasteiger partial charge in [-0.3, -0.25) is 4.68 Å². The van der Waals surface area contributed by atoms with Crippen molar-refractivity contribution in [1.82, 2.24) is 35.3 Å². The molecule has 0 bridgehead atoms. The number of hydrogen-bond acceptors (Lipinski definition) is 10. The lowest BCUT2D eigenvalue weighted by atomic mass is 9.89. The number of halogens is 1. The van der Waals surface area contributed by atoms with Crippen LogP contribution in [0.15, 0.2) is 91.7 Å². The summed E-state index contributed by atoms with van der Waals surface area (Å²) < 4.78 is 2.06. The zero-order valence-corrected chi connectivity index (χ0v) is 38.8. The van der Waals surface area contributed by atoms with Gasteiger partial charge in [0, 0.05) is 99.6 Å². The van der Waals surface area contributed by atoms with Crippen molar-refractivity contribution in [1.29, 1.82) is 0 Å². The predicted molar refractivity (Wildman–Crippen MR) is 263 cm³/mol. The second kappa shape index (κ2) is 19.8. The molecule has 0 radical (unpaired) electrons. The van der Waals surface area contributed by atoms with Crippen LogP contribution in [0.1, 0.15) is 82.0 Å². The van der Waals surface area contributed by atoms with Crippen molar-refractivity contribution in [3.8, 4) is 0 Å². The predicted octanol–water partition coefficient (Wildman–Crippen LogP) is 9.99. The molecule has 12 heteroatoms. The SMILES string of the molecule is C=C(CCC1=Cc2cc(Nc3nc(N4CCC(C)C(C)C4)ncc3Cl)cc3c2N(CCC3)C1=C)NC.C=CNC(=C)CCC(C)c1nn(C)c2c(N3CCN(C)CC3)cccc12. The minimum absolute atomic E-state index is 0.379. The topological polar surface area (TPSA) is 92.7 Å². The third kappa shape index (κ3) is 10.00. The van der Waals surface area contributed by atoms with Crippen molar-refractivity contribution in [2.24, 2.45) is 18.9 Å². The normalized spacial score (nSPS) is 19.2. The summed E-state index contributed by atoms with van der Waals surface area (Å²) in [5, 5.41) is 16.5. The molecule has 11 nitrogen and oxygen atoms in total. The van der Waals surface area contributed by atoms with Crippen LogP contribution >= 0.6 is 11.6 Å². The molecule has 0 spiro atoms. The number of aromatic nitrogens is 4. The van der Waals surface area contributed by atoms with Gasteiger partial charge in [-0.25, -0.2) is 4.98 Å². The number of aryl methyl sites for hydroxylation is 2. The highest BCUT2D eigenvalue weighted by Crippen LogP contribution is 2.44. The van der Waals surface area contributed by atoms with Crippen molar-refractivity contribution >= 4 is 57.4 Å². The van der Waals surface area contributed by atoms with Gasteiger partial charge >= 0.3 is 0 Å². The van der Waals surface area contributed by atoms with Crippen molar-refractivity contribution in [3.05, 3.63) is 114 Å². The summed E-state index contributed by atoms with van der Waals surface area (Å²) in [6.45, 7) is 30.5. The maximum absolute atomic E-state index is 6.56. The molecule has 3 N–H and O–H groups in total. The minimum atomic E-state index is 0.379. The summed E-state index contributed by atoms with van der Waals surface area (Å²) in [5.41, 5.74) is 13.0. The number of likely N-dealkylation sites (N-methyl/N-ethyl adjacent to an activating group) is 1. The number of hydrogen-bond donors (Lipinski definition) is 3. The van der Waals surface area contributed by atoms with Crippen molar-refractivity contribution in [3.63, 3.8) is 0 Å². The Labute approximate surface area is 375 Å². The van der Waals surface area contributed by atoms with Crippen LogP contribution in [0.4, 0.5) is 28.8 Å². The fourth-order valence-electron chi connectivity index (χ4n) is 9.23. The highest BCUT2D eigenvalue weighted by Gasteiger charge is 2.29. The molecule has 3 atom stereocenters. The first-order valence-electron chi connectivity index (χ1n) is 22.5. The molecule has 6 heterocycles. The van der Waals surface area contributed by atoms with Gasteiger partial charge in [0.25, 0.3) is 0 Å². The Hall–Kier alpha value is -5.26. The summed E-state index contributed by atoms with van der Waals surface area (Å²) in [7, 11) is 6.18. The summed E-state index contributed by atoms with van der Waals surface area (Å²) >= 11 is 6.56. The van der Waals surface area contributed by atoms with E-state index in [1.54, 1.807) is 12.4 Å². The lowest BCUT2D eigenvalue weighted by molar-refractivity contribution is 0.313. The van der Waals surface area contributed by atoms with E-state index in [0.717, 1.165) is 125 Å². The fraction of sp³-hybridized carbons (Fsp3) is 0.460. The molecule has 4 aliphatic heterocycles. The van der Waals surface area contributed by atoms with E-state index in [0.29, 0.717) is 22.7 Å². The van der Waals surface area contributed by atoms with Gasteiger partial charge in [-0.05, 0) is 105 Å². The van der Waals surface area contributed by atoms with Crippen LogP contribution < -0.4 is 30.7 Å². The van der Waals surface area contributed by atoms with E-state index in [1.165, 1.54) is 44.7 Å². The summed E-state index contributed by atoms with van der Waals surface area (Å²) in [6, 6.07) is 11.1. The Kier molecular flexibility index (Phi) is 14.3. The first kappa shape index (κ1) is 44.8. The number of allylic oxidation sites excluding steroid dienone is 3. The molecular weight excluding hydrogens is 790 g/mol. The zero-order chi connectivity index (χ0) is 44.1. The van der Waals surface area contributed by atoms with Crippen molar-refractivity contribution in [2.45, 2.75) is 71.6 Å². The van der Waals surface area contributed by atoms with Crippen LogP contribution in [-0.2, 0) is 13.5 Å². The van der Waals surface area contributed by atoms with Gasteiger partial charge in [0.1, 0.15) is 5.02 Å². The highest BCUT2D eigenvalue weighted by molar-refractivity contribution is 6.33. The van der Waals surface area contributed by atoms with E-state index in [2.05, 4.69) is 143 Å². The van der Waals surface area contributed by atoms with Crippen molar-refractivity contribution < 1.29 is 0 Å². The number of rotatable bonds is 14. The molecule has 3 unspecified atom stereocenters. The van der Waals surface area contributed by atoms with Crippen LogP contribution in [0.3, 0.4) is 0 Å². The second-order valence-electron chi connectivity index (χ2n) is 17.8. The quantitative estimate of drug-likeness (QED) is 0.114. The van der Waals surface area contributed by atoms with E-state index < -0.39 is 0 Å². The molecule has 0 aliphatic carbocycles. The molecule has 2 fully saturated rings. The Balaban J connectivity index is 0.000000197. The second-order valence-corrected chi connectivity index (χ2v) is 18.3. The van der Waals surface area contributed by atoms with E-state index in [1.807, 2.05) is 7.05 Å². The first-order chi connectivity index (χ1) is 29.8. The largest absolute Gasteiger partial charge is 0.392 e. The summed E-state index contributed by atoms with van der Waals surface area (Å²) in [4.78, 5) is 19.0. The van der Waals surface area contributed by atoms with Gasteiger partial charge in [0.15, 0.2) is 5.82 Å². The van der Waals surface area contributed by atoms with E-state index in [4.69, 9.17) is 21.7 Å². The van der Waals surface area contributed by atoms with Gasteiger partial charge < -0.3 is 35.6 Å². The summed E-state index contributed by atoms with van der Waals surface area (Å²) in [6.07, 6.45) is 12.7. The van der Waals surface area contributed by atoms with Crippen LogP contribution in [-0.4, -0.2) is 84.6 Å². The molecular formula is C50H68ClN11. The van der Waals surface area contributed by atoms with Crippen LogP contribution in [0.5, 0.6) is 0 Å². The standard InChI is InChI=1S/C29H37ClN6.C21H31N5/c1-18-10-12-35(17-19(18)2)29-32-16-26(30)28(34-29)33-25-14-23-7-6-11-36-21(4)22(9-8-20(3)31-5)13-24(15-25)27(23)36;1-6-22-17(3)11-10-16(2)20-18-8-7-9-19(21(18)25(5)23-20)26-14-12-24(4)13-15-26/h13-16,18-19,31H,3-4,6-12,17H2,1-2,5H3,(H,32,33,34);6-9,16,22H,1,3,10-15H2,2,4-5H3. The monoisotopic (exact) mass is 858 g/mol. The van der Waals surface area contributed by atoms with E-state index in [9.17, 15) is 0 Å². The van der Waals surface area contributed by atoms with Crippen LogP contribution in [0.2, 0.25) is 5.02 Å². The number of fused-ring (bicyclic) bond motifs is 1. The van der Waals surface area contributed by atoms with Crippen molar-refractivity contribution in [2.75, 3.05) is 79.9 Å². The van der Waals surface area contributed by atoms with Gasteiger partial charge in [-0.2, -0.15) is 10.1 Å². The number of piperazine rings is 1. The van der Waals surface area contributed by atoms with Crippen LogP contribution in [0, 0.1) is 11.8 Å². The van der Waals surface area contributed by atoms with Gasteiger partial charge in [-0.15, -0.1) is 0 Å². The zero-order valence-electron chi connectivity index (χ0n) is 38.0. The molecule has 4 aromatic rings. The van der Waals surface area contributed by atoms with Crippen LogP contribution in [0.25, 0.3) is 17.0 Å². The Bertz CT molecular complexity index is 2320. The number of nitrogens with one attached hydrogen (secondary N) is 3. The third-order valence-corrected chi connectivity index (χ3v) is 13.6. The number of nitrogens with zero attached hydrogens (tertiary/aromatic N) is 8. The fourth-order valence-corrected chi connectivity index (χ4v) is 9.37. The molecule has 8 rings (SSSR count). The molecule has 0 amide bonds. The Morgan fingerprint density at radius 1 is 1.00 bits per heavy atom. The number of benzene rings is 2. The number of piperidine rings is 1. The molecule has 2 saturated heterocycles. The number of anilines is 5. The smallest absolute Gasteiger partial charge is 0.227 e. The molecule has 0 saturated carbocycles.